The van der Waals surface area contributed by atoms with Crippen LogP contribution >= 0.6 is 0 Å². The predicted molar refractivity (Wildman–Crippen MR) is 113 cm³/mol. The minimum Gasteiger partial charge on any atom is -0.338 e. The van der Waals surface area contributed by atoms with Crippen LogP contribution in [0.15, 0.2) is 30.3 Å². The summed E-state index contributed by atoms with van der Waals surface area (Å²) in [6.07, 6.45) is 22.2. The van der Waals surface area contributed by atoms with Crippen molar-refractivity contribution in [3.8, 4) is 5.75 Å². The first-order chi connectivity index (χ1) is 12.9. The molecular weight excluding hydrogens is 320 g/mol. The number of benzene rings is 1. The Bertz CT molecular complexity index is 377. The monoisotopic (exact) mass is 362 g/mol. The molecule has 0 saturated heterocycles. The van der Waals surface area contributed by atoms with Crippen molar-refractivity contribution in [1.82, 2.24) is 0 Å². The summed E-state index contributed by atoms with van der Waals surface area (Å²) < 4.78 is 0. The van der Waals surface area contributed by atoms with Crippen LogP contribution in [0, 0.1) is 0 Å². The van der Waals surface area contributed by atoms with Gasteiger partial charge in [0.05, 0.1) is 6.61 Å². The van der Waals surface area contributed by atoms with Crippen LogP contribution in [-0.4, -0.2) is 6.61 Å². The van der Waals surface area contributed by atoms with E-state index in [1.165, 1.54) is 96.3 Å². The molecule has 0 aliphatic carbocycles. The smallest absolute Gasteiger partial charge is 0.165 e. The van der Waals surface area contributed by atoms with E-state index in [0.717, 1.165) is 12.2 Å². The molecule has 1 aromatic rings. The van der Waals surface area contributed by atoms with Crippen molar-refractivity contribution in [3.05, 3.63) is 30.3 Å². The Balaban J connectivity index is 1.68. The van der Waals surface area contributed by atoms with Crippen molar-refractivity contribution in [2.24, 2.45) is 0 Å². The maximum absolute atomic E-state index is 5.24. The molecule has 0 heterocycles. The van der Waals surface area contributed by atoms with Crippen molar-refractivity contribution < 1.29 is 9.78 Å². The largest absolute Gasteiger partial charge is 0.338 e. The van der Waals surface area contributed by atoms with E-state index in [2.05, 4.69) is 6.92 Å². The van der Waals surface area contributed by atoms with E-state index in [-0.39, 0.29) is 0 Å². The fourth-order valence-electron chi connectivity index (χ4n) is 3.29. The summed E-state index contributed by atoms with van der Waals surface area (Å²) in [4.78, 5) is 10.5. The summed E-state index contributed by atoms with van der Waals surface area (Å²) in [6.45, 7) is 2.98. The molecule has 0 unspecified atom stereocenters. The van der Waals surface area contributed by atoms with Gasteiger partial charge in [-0.15, -0.1) is 0 Å². The van der Waals surface area contributed by atoms with Crippen LogP contribution < -0.4 is 4.89 Å². The fraction of sp³-hybridized carbons (Fsp3) is 0.750. The molecule has 1 rings (SSSR count). The van der Waals surface area contributed by atoms with Gasteiger partial charge in [-0.05, 0) is 18.6 Å². The molecule has 0 radical (unpaired) electrons. The SMILES string of the molecule is CCCCCCCCCCCCCCCCCCOOc1ccccc1. The van der Waals surface area contributed by atoms with Gasteiger partial charge in [-0.3, -0.25) is 0 Å². The molecule has 2 heteroatoms. The molecule has 0 saturated carbocycles. The molecule has 2 nitrogen and oxygen atoms in total. The standard InChI is InChI=1S/C24H42O2/c1-2-3-4-5-6-7-8-9-10-11-12-13-14-15-16-20-23-25-26-24-21-18-17-19-22-24/h17-19,21-22H,2-16,20,23H2,1H3. The molecule has 0 fully saturated rings. The zero-order chi connectivity index (χ0) is 18.5. The van der Waals surface area contributed by atoms with E-state index in [9.17, 15) is 0 Å². The minimum absolute atomic E-state index is 0.688. The van der Waals surface area contributed by atoms with Crippen LogP contribution in [0.4, 0.5) is 0 Å². The van der Waals surface area contributed by atoms with Crippen molar-refractivity contribution >= 4 is 0 Å². The fourth-order valence-corrected chi connectivity index (χ4v) is 3.29. The molecule has 0 bridgehead atoms. The highest BCUT2D eigenvalue weighted by atomic mass is 17.2. The third-order valence-corrected chi connectivity index (χ3v) is 4.98. The van der Waals surface area contributed by atoms with Crippen molar-refractivity contribution in [1.29, 1.82) is 0 Å². The van der Waals surface area contributed by atoms with Gasteiger partial charge < -0.3 is 4.89 Å². The van der Waals surface area contributed by atoms with E-state index in [1.54, 1.807) is 0 Å². The maximum atomic E-state index is 5.24. The Morgan fingerprint density at radius 2 is 0.962 bits per heavy atom. The average molecular weight is 363 g/mol. The number of rotatable bonds is 19. The van der Waals surface area contributed by atoms with Crippen LogP contribution in [0.25, 0.3) is 0 Å². The molecule has 150 valence electrons. The maximum Gasteiger partial charge on any atom is 0.165 e. The van der Waals surface area contributed by atoms with E-state index >= 15 is 0 Å². The normalized spacial score (nSPS) is 11.0. The third-order valence-electron chi connectivity index (χ3n) is 4.98. The second-order valence-electron chi connectivity index (χ2n) is 7.52. The van der Waals surface area contributed by atoms with Gasteiger partial charge in [-0.1, -0.05) is 121 Å². The van der Waals surface area contributed by atoms with Gasteiger partial charge in [0.1, 0.15) is 0 Å². The highest BCUT2D eigenvalue weighted by Gasteiger charge is 1.96. The highest BCUT2D eigenvalue weighted by Crippen LogP contribution is 2.14. The van der Waals surface area contributed by atoms with Crippen molar-refractivity contribution in [2.45, 2.75) is 110 Å². The molecular formula is C24H42O2. The van der Waals surface area contributed by atoms with Gasteiger partial charge in [-0.25, -0.2) is 0 Å². The first kappa shape index (κ1) is 23.0. The Hall–Kier alpha value is -1.02. The molecule has 0 atom stereocenters. The van der Waals surface area contributed by atoms with Gasteiger partial charge in [0.2, 0.25) is 0 Å². The molecule has 0 aliphatic rings. The molecule has 26 heavy (non-hydrogen) atoms. The third kappa shape index (κ3) is 15.3. The van der Waals surface area contributed by atoms with Crippen LogP contribution in [0.1, 0.15) is 110 Å². The summed E-state index contributed by atoms with van der Waals surface area (Å²) >= 11 is 0. The Morgan fingerprint density at radius 1 is 0.538 bits per heavy atom. The van der Waals surface area contributed by atoms with Crippen LogP contribution in [0.2, 0.25) is 0 Å². The molecule has 0 aromatic heterocycles. The molecule has 0 N–H and O–H groups in total. The van der Waals surface area contributed by atoms with Gasteiger partial charge in [0.25, 0.3) is 0 Å². The van der Waals surface area contributed by atoms with Gasteiger partial charge in [0, 0.05) is 0 Å². The molecule has 1 aromatic carbocycles. The molecule has 0 spiro atoms. The van der Waals surface area contributed by atoms with E-state index in [1.807, 2.05) is 30.3 Å². The second kappa shape index (κ2) is 18.8. The lowest BCUT2D eigenvalue weighted by atomic mass is 10.0. The van der Waals surface area contributed by atoms with Crippen LogP contribution in [0.5, 0.6) is 5.75 Å². The van der Waals surface area contributed by atoms with E-state index in [0.29, 0.717) is 6.61 Å². The highest BCUT2D eigenvalue weighted by molar-refractivity contribution is 5.20. The zero-order valence-corrected chi connectivity index (χ0v) is 17.2. The van der Waals surface area contributed by atoms with Crippen molar-refractivity contribution in [3.63, 3.8) is 0 Å². The number of unbranched alkanes of at least 4 members (excludes halogenated alkanes) is 15. The number of hydrogen-bond acceptors (Lipinski definition) is 2. The molecule has 0 aliphatic heterocycles. The van der Waals surface area contributed by atoms with Crippen LogP contribution in [-0.2, 0) is 4.89 Å². The topological polar surface area (TPSA) is 18.5 Å². The molecule has 0 amide bonds. The predicted octanol–water partition coefficient (Wildman–Crippen LogP) is 8.26. The average Bonchev–Trinajstić information content (AvgIpc) is 2.68. The lowest BCUT2D eigenvalue weighted by Crippen LogP contribution is -1.99. The minimum atomic E-state index is 0.688. The summed E-state index contributed by atoms with van der Waals surface area (Å²) in [5.41, 5.74) is 0. The van der Waals surface area contributed by atoms with Crippen LogP contribution in [0.3, 0.4) is 0 Å². The first-order valence-corrected chi connectivity index (χ1v) is 11.3. The lowest BCUT2D eigenvalue weighted by Gasteiger charge is -2.05. The first-order valence-electron chi connectivity index (χ1n) is 11.3. The zero-order valence-electron chi connectivity index (χ0n) is 17.2. The number of para-hydroxylation sites is 1. The summed E-state index contributed by atoms with van der Waals surface area (Å²) in [5.74, 6) is 0.781. The van der Waals surface area contributed by atoms with Gasteiger partial charge in [-0.2, -0.15) is 4.89 Å². The Kier molecular flexibility index (Phi) is 16.6. The Morgan fingerprint density at radius 3 is 1.42 bits per heavy atom. The van der Waals surface area contributed by atoms with Crippen molar-refractivity contribution in [2.75, 3.05) is 6.61 Å². The summed E-state index contributed by atoms with van der Waals surface area (Å²) in [5, 5.41) is 0. The second-order valence-corrected chi connectivity index (χ2v) is 7.52. The summed E-state index contributed by atoms with van der Waals surface area (Å²) in [7, 11) is 0. The van der Waals surface area contributed by atoms with E-state index in [4.69, 9.17) is 9.78 Å². The van der Waals surface area contributed by atoms with Gasteiger partial charge in [0.15, 0.2) is 5.75 Å². The van der Waals surface area contributed by atoms with E-state index < -0.39 is 0 Å². The Labute approximate surface area is 162 Å². The lowest BCUT2D eigenvalue weighted by molar-refractivity contribution is -0.207. The van der Waals surface area contributed by atoms with Gasteiger partial charge >= 0.3 is 0 Å². The quantitative estimate of drug-likeness (QED) is 0.140. The summed E-state index contributed by atoms with van der Waals surface area (Å²) in [6, 6.07) is 9.70. The number of hydrogen-bond donors (Lipinski definition) is 0.